The summed E-state index contributed by atoms with van der Waals surface area (Å²) in [4.78, 5) is 0. The summed E-state index contributed by atoms with van der Waals surface area (Å²) < 4.78 is 106. The summed E-state index contributed by atoms with van der Waals surface area (Å²) in [6, 6.07) is 9.55. The summed E-state index contributed by atoms with van der Waals surface area (Å²) in [6.45, 7) is 2.61. The Morgan fingerprint density at radius 3 is 2.16 bits per heavy atom. The van der Waals surface area contributed by atoms with Gasteiger partial charge in [0.25, 0.3) is 0 Å². The maximum absolute atomic E-state index is 14.9. The van der Waals surface area contributed by atoms with E-state index in [0.717, 1.165) is 31.4 Å². The van der Waals surface area contributed by atoms with Gasteiger partial charge in [0.15, 0.2) is 35.3 Å². The third kappa shape index (κ3) is 9.24. The zero-order chi connectivity index (χ0) is 30.8. The zero-order valence-corrected chi connectivity index (χ0v) is 23.8. The van der Waals surface area contributed by atoms with Crippen molar-refractivity contribution in [2.75, 3.05) is 13.2 Å². The molecule has 4 rings (SSSR count). The molecule has 0 amide bonds. The van der Waals surface area contributed by atoms with Crippen molar-refractivity contribution in [3.63, 3.8) is 0 Å². The number of benzene rings is 3. The van der Waals surface area contributed by atoms with Crippen LogP contribution in [0.1, 0.15) is 68.4 Å². The van der Waals surface area contributed by atoms with Crippen molar-refractivity contribution in [2.45, 2.75) is 64.5 Å². The van der Waals surface area contributed by atoms with E-state index < -0.39 is 53.6 Å². The van der Waals surface area contributed by atoms with E-state index in [1.165, 1.54) is 43.5 Å². The minimum absolute atomic E-state index is 0.0864. The van der Waals surface area contributed by atoms with Crippen LogP contribution in [-0.4, -0.2) is 13.2 Å². The number of halogens is 6. The average Bonchev–Trinajstić information content (AvgIpc) is 2.99. The van der Waals surface area contributed by atoms with Crippen LogP contribution < -0.4 is 9.47 Å². The van der Waals surface area contributed by atoms with E-state index >= 15 is 0 Å². The first-order valence-electron chi connectivity index (χ1n) is 14.2. The molecule has 1 heterocycles. The summed E-state index contributed by atoms with van der Waals surface area (Å²) in [5.74, 6) is -6.06. The van der Waals surface area contributed by atoms with Gasteiger partial charge in [0.1, 0.15) is 12.4 Å². The van der Waals surface area contributed by atoms with Crippen LogP contribution in [0.25, 0.3) is 0 Å². The van der Waals surface area contributed by atoms with E-state index in [1.807, 2.05) is 6.92 Å². The minimum atomic E-state index is -3.79. The highest BCUT2D eigenvalue weighted by molar-refractivity contribution is 5.35. The molecule has 0 N–H and O–H groups in total. The lowest BCUT2D eigenvalue weighted by atomic mass is 10.0. The first-order valence-corrected chi connectivity index (χ1v) is 14.2. The topological polar surface area (TPSA) is 36.9 Å². The summed E-state index contributed by atoms with van der Waals surface area (Å²) >= 11 is 0. The van der Waals surface area contributed by atoms with E-state index in [4.69, 9.17) is 18.9 Å². The fourth-order valence-electron chi connectivity index (χ4n) is 4.67. The first kappa shape index (κ1) is 32.4. The molecule has 43 heavy (non-hydrogen) atoms. The second kappa shape index (κ2) is 15.3. The van der Waals surface area contributed by atoms with Crippen molar-refractivity contribution in [3.8, 4) is 11.5 Å². The molecule has 0 unspecified atom stereocenters. The van der Waals surface area contributed by atoms with Gasteiger partial charge in [-0.1, -0.05) is 43.5 Å². The lowest BCUT2D eigenvalue weighted by molar-refractivity contribution is -0.206. The van der Waals surface area contributed by atoms with E-state index in [-0.39, 0.29) is 11.3 Å². The van der Waals surface area contributed by atoms with Crippen molar-refractivity contribution < 1.29 is 45.3 Å². The molecule has 1 aliphatic rings. The Morgan fingerprint density at radius 1 is 0.837 bits per heavy atom. The highest BCUT2D eigenvalue weighted by atomic mass is 19.3. The Hall–Kier alpha value is -3.50. The van der Waals surface area contributed by atoms with Crippen molar-refractivity contribution in [1.82, 2.24) is 0 Å². The Morgan fingerprint density at radius 2 is 1.51 bits per heavy atom. The van der Waals surface area contributed by atoms with Gasteiger partial charge in [0.05, 0.1) is 18.8 Å². The van der Waals surface area contributed by atoms with Crippen molar-refractivity contribution >= 4 is 0 Å². The molecule has 3 aromatic carbocycles. The van der Waals surface area contributed by atoms with Gasteiger partial charge in [-0.3, -0.25) is 0 Å². The molecule has 1 fully saturated rings. The Kier molecular flexibility index (Phi) is 11.5. The predicted molar refractivity (Wildman–Crippen MR) is 149 cm³/mol. The lowest BCUT2D eigenvalue weighted by Gasteiger charge is -2.30. The smallest absolute Gasteiger partial charge is 0.426 e. The third-order valence-corrected chi connectivity index (χ3v) is 7.04. The molecule has 1 saturated heterocycles. The standard InChI is InChI=1S/C33H34F6O4/c1-2-3-4-5-6-7-8-9-22-19-41-32(42-20-22)24-10-12-25(13-11-24)33(38,39)43-26-14-15-30(27(34)18-26)40-21-23-16-28(35)31(37)29(36)17-23/h2-3,10-18,22,32H,4-9,19-21H2,1H3/b3-2+. The molecule has 0 bridgehead atoms. The molecule has 0 radical (unpaired) electrons. The highest BCUT2D eigenvalue weighted by Gasteiger charge is 2.35. The van der Waals surface area contributed by atoms with Crippen LogP contribution in [0.5, 0.6) is 11.5 Å². The van der Waals surface area contributed by atoms with Gasteiger partial charge >= 0.3 is 6.11 Å². The maximum atomic E-state index is 14.9. The maximum Gasteiger partial charge on any atom is 0.426 e. The number of hydrogen-bond acceptors (Lipinski definition) is 4. The second-order valence-corrected chi connectivity index (χ2v) is 10.4. The summed E-state index contributed by atoms with van der Waals surface area (Å²) in [5.41, 5.74) is 0.0487. The van der Waals surface area contributed by atoms with Gasteiger partial charge in [-0.15, -0.1) is 0 Å². The van der Waals surface area contributed by atoms with Gasteiger partial charge in [0, 0.05) is 17.5 Å². The van der Waals surface area contributed by atoms with Crippen LogP contribution in [0.2, 0.25) is 0 Å². The van der Waals surface area contributed by atoms with Crippen LogP contribution in [0.15, 0.2) is 66.7 Å². The number of alkyl halides is 2. The average molecular weight is 609 g/mol. The molecule has 232 valence electrons. The molecule has 0 atom stereocenters. The van der Waals surface area contributed by atoms with Crippen LogP contribution in [0.3, 0.4) is 0 Å². The third-order valence-electron chi connectivity index (χ3n) is 7.04. The van der Waals surface area contributed by atoms with Crippen LogP contribution in [-0.2, 0) is 22.2 Å². The van der Waals surface area contributed by atoms with Gasteiger partial charge in [-0.2, -0.15) is 8.78 Å². The van der Waals surface area contributed by atoms with Gasteiger partial charge < -0.3 is 18.9 Å². The van der Waals surface area contributed by atoms with Crippen molar-refractivity contribution in [3.05, 3.63) is 107 Å². The fourth-order valence-corrected chi connectivity index (χ4v) is 4.67. The Labute approximate surface area is 247 Å². The molecule has 0 saturated carbocycles. The highest BCUT2D eigenvalue weighted by Crippen LogP contribution is 2.35. The van der Waals surface area contributed by atoms with Crippen LogP contribution in [0, 0.1) is 29.2 Å². The molecular formula is C33H34F6O4. The summed E-state index contributed by atoms with van der Waals surface area (Å²) in [5, 5.41) is 0. The van der Waals surface area contributed by atoms with E-state index in [0.29, 0.717) is 42.9 Å². The Balaban J connectivity index is 1.25. The van der Waals surface area contributed by atoms with Crippen LogP contribution in [0.4, 0.5) is 26.3 Å². The fraction of sp³-hybridized carbons (Fsp3) is 0.394. The van der Waals surface area contributed by atoms with Crippen LogP contribution >= 0.6 is 0 Å². The summed E-state index contributed by atoms with van der Waals surface area (Å²) in [6.07, 6.45) is 6.61. The van der Waals surface area contributed by atoms with Gasteiger partial charge in [0.2, 0.25) is 0 Å². The minimum Gasteiger partial charge on any atom is -0.486 e. The van der Waals surface area contributed by atoms with E-state index in [1.54, 1.807) is 0 Å². The summed E-state index contributed by atoms with van der Waals surface area (Å²) in [7, 11) is 0. The lowest BCUT2D eigenvalue weighted by Crippen LogP contribution is -2.27. The molecule has 10 heteroatoms. The van der Waals surface area contributed by atoms with Gasteiger partial charge in [-0.05, 0) is 68.1 Å². The van der Waals surface area contributed by atoms with E-state index in [9.17, 15) is 26.3 Å². The number of hydrogen-bond donors (Lipinski definition) is 0. The van der Waals surface area contributed by atoms with E-state index in [2.05, 4.69) is 12.2 Å². The molecule has 3 aromatic rings. The SMILES string of the molecule is C/C=C/CCCCCCC1COC(c2ccc(C(F)(F)Oc3ccc(OCc4cc(F)c(F)c(F)c4)c(F)c3)cc2)OC1. The first-order chi connectivity index (χ1) is 20.7. The van der Waals surface area contributed by atoms with Crippen molar-refractivity contribution in [1.29, 1.82) is 0 Å². The molecule has 1 aliphatic heterocycles. The molecular weight excluding hydrogens is 574 g/mol. The monoisotopic (exact) mass is 608 g/mol. The Bertz CT molecular complexity index is 1330. The quantitative estimate of drug-likeness (QED) is 0.0791. The second-order valence-electron chi connectivity index (χ2n) is 10.4. The molecule has 0 aliphatic carbocycles. The largest absolute Gasteiger partial charge is 0.486 e. The number of unbranched alkanes of at least 4 members (excludes halogenated alkanes) is 4. The normalized spacial score (nSPS) is 17.4. The number of rotatable bonds is 14. The number of allylic oxidation sites excluding steroid dienone is 2. The number of ether oxygens (including phenoxy) is 4. The van der Waals surface area contributed by atoms with Gasteiger partial charge in [-0.25, -0.2) is 17.6 Å². The van der Waals surface area contributed by atoms with Crippen molar-refractivity contribution in [2.24, 2.45) is 5.92 Å². The molecule has 4 nitrogen and oxygen atoms in total. The molecule has 0 spiro atoms. The molecule has 0 aromatic heterocycles. The zero-order valence-electron chi connectivity index (χ0n) is 23.8. The predicted octanol–water partition coefficient (Wildman–Crippen LogP) is 9.53.